The van der Waals surface area contributed by atoms with Crippen LogP contribution in [-0.4, -0.2) is 35.0 Å². The molecule has 0 aliphatic carbocycles. The zero-order chi connectivity index (χ0) is 13.3. The van der Waals surface area contributed by atoms with E-state index >= 15 is 0 Å². The smallest absolute Gasteiger partial charge is 0.233 e. The summed E-state index contributed by atoms with van der Waals surface area (Å²) in [7, 11) is 0. The molecule has 0 spiro atoms. The van der Waals surface area contributed by atoms with Gasteiger partial charge in [0.2, 0.25) is 6.04 Å². The molecule has 1 aromatic rings. The third-order valence-corrected chi connectivity index (χ3v) is 4.15. The first kappa shape index (κ1) is 13.5. The molecule has 5 heteroatoms. The van der Waals surface area contributed by atoms with Gasteiger partial charge in [-0.25, -0.2) is 0 Å². The fourth-order valence-corrected chi connectivity index (χ4v) is 2.75. The van der Waals surface area contributed by atoms with Crippen molar-refractivity contribution >= 4 is 15.9 Å². The molecular formula is C13H17BrN2O2. The van der Waals surface area contributed by atoms with Gasteiger partial charge in [0.15, 0.2) is 0 Å². The molecular weight excluding hydrogens is 296 g/mol. The van der Waals surface area contributed by atoms with Gasteiger partial charge in [0.05, 0.1) is 12.5 Å². The van der Waals surface area contributed by atoms with E-state index in [0.717, 1.165) is 16.6 Å². The Morgan fingerprint density at radius 2 is 1.94 bits per heavy atom. The molecule has 0 saturated carbocycles. The van der Waals surface area contributed by atoms with E-state index in [2.05, 4.69) is 34.7 Å². The quantitative estimate of drug-likeness (QED) is 0.637. The Kier molecular flexibility index (Phi) is 4.02. The Bertz CT molecular complexity index is 433. The van der Waals surface area contributed by atoms with E-state index in [1.54, 1.807) is 0 Å². The van der Waals surface area contributed by atoms with Crippen molar-refractivity contribution in [2.75, 3.05) is 13.1 Å². The van der Waals surface area contributed by atoms with Crippen molar-refractivity contribution in [2.24, 2.45) is 0 Å². The minimum atomic E-state index is -0.492. The fraction of sp³-hybridized carbons (Fsp3) is 0.538. The van der Waals surface area contributed by atoms with E-state index in [4.69, 9.17) is 0 Å². The number of hydrogen-bond acceptors (Lipinski definition) is 3. The van der Waals surface area contributed by atoms with Crippen molar-refractivity contribution < 1.29 is 4.92 Å². The van der Waals surface area contributed by atoms with Gasteiger partial charge in [0.1, 0.15) is 0 Å². The molecule has 0 N–H and O–H groups in total. The van der Waals surface area contributed by atoms with Crippen LogP contribution in [0.5, 0.6) is 0 Å². The van der Waals surface area contributed by atoms with Crippen LogP contribution in [0.3, 0.4) is 0 Å². The van der Waals surface area contributed by atoms with E-state index < -0.39 is 6.04 Å². The van der Waals surface area contributed by atoms with Gasteiger partial charge in [0.25, 0.3) is 0 Å². The van der Waals surface area contributed by atoms with Gasteiger partial charge in [-0.1, -0.05) is 28.1 Å². The summed E-state index contributed by atoms with van der Waals surface area (Å²) >= 11 is 3.39. The molecule has 0 unspecified atom stereocenters. The average molecular weight is 313 g/mol. The maximum absolute atomic E-state index is 11.2. The minimum Gasteiger partial charge on any atom is -0.293 e. The number of benzene rings is 1. The van der Waals surface area contributed by atoms with E-state index in [0.29, 0.717) is 12.6 Å². The fourth-order valence-electron chi connectivity index (χ4n) is 2.49. The highest BCUT2D eigenvalue weighted by molar-refractivity contribution is 9.10. The lowest BCUT2D eigenvalue weighted by molar-refractivity contribution is -0.521. The number of hydrogen-bond donors (Lipinski definition) is 0. The average Bonchev–Trinajstić information content (AvgIpc) is 2.75. The van der Waals surface area contributed by atoms with Gasteiger partial charge in [-0.2, -0.15) is 0 Å². The predicted molar refractivity (Wildman–Crippen MR) is 74.4 cm³/mol. The second kappa shape index (κ2) is 5.36. The highest BCUT2D eigenvalue weighted by Crippen LogP contribution is 2.31. The molecule has 0 bridgehead atoms. The van der Waals surface area contributed by atoms with Gasteiger partial charge < -0.3 is 0 Å². The van der Waals surface area contributed by atoms with Crippen LogP contribution in [0.2, 0.25) is 0 Å². The van der Waals surface area contributed by atoms with Gasteiger partial charge in [-0.3, -0.25) is 15.0 Å². The second-order valence-corrected chi connectivity index (χ2v) is 5.97. The molecule has 1 saturated heterocycles. The van der Waals surface area contributed by atoms with E-state index in [1.165, 1.54) is 0 Å². The molecule has 0 amide bonds. The topological polar surface area (TPSA) is 46.4 Å². The molecule has 1 heterocycles. The van der Waals surface area contributed by atoms with Crippen LogP contribution in [0.4, 0.5) is 0 Å². The number of nitro groups is 1. The molecule has 2 atom stereocenters. The first-order chi connectivity index (χ1) is 8.49. The normalized spacial score (nSPS) is 24.7. The van der Waals surface area contributed by atoms with Crippen molar-refractivity contribution in [3.8, 4) is 0 Å². The van der Waals surface area contributed by atoms with Gasteiger partial charge in [-0.05, 0) is 31.5 Å². The lowest BCUT2D eigenvalue weighted by atomic mass is 9.95. The molecule has 1 aliphatic heterocycles. The molecule has 0 radical (unpaired) electrons. The molecule has 0 aromatic heterocycles. The highest BCUT2D eigenvalue weighted by atomic mass is 79.9. The lowest BCUT2D eigenvalue weighted by Crippen LogP contribution is -2.31. The van der Waals surface area contributed by atoms with Crippen LogP contribution in [-0.2, 0) is 0 Å². The second-order valence-electron chi connectivity index (χ2n) is 5.06. The first-order valence-corrected chi connectivity index (χ1v) is 6.91. The molecule has 4 nitrogen and oxygen atoms in total. The van der Waals surface area contributed by atoms with E-state index in [1.807, 2.05) is 24.3 Å². The number of likely N-dealkylation sites (tertiary alicyclic amines) is 1. The Hall–Kier alpha value is -0.940. The number of halogens is 1. The summed E-state index contributed by atoms with van der Waals surface area (Å²) in [4.78, 5) is 13.2. The maximum Gasteiger partial charge on any atom is 0.233 e. The summed E-state index contributed by atoms with van der Waals surface area (Å²) in [6.45, 7) is 5.48. The summed E-state index contributed by atoms with van der Waals surface area (Å²) in [6.07, 6.45) is 0. The molecule has 1 aromatic carbocycles. The van der Waals surface area contributed by atoms with Crippen LogP contribution in [0.1, 0.15) is 25.3 Å². The minimum absolute atomic E-state index is 0.00417. The summed E-state index contributed by atoms with van der Waals surface area (Å²) in [6, 6.07) is 7.72. The highest BCUT2D eigenvalue weighted by Gasteiger charge is 2.42. The van der Waals surface area contributed by atoms with Crippen molar-refractivity contribution in [3.05, 3.63) is 44.4 Å². The molecule has 18 heavy (non-hydrogen) atoms. The van der Waals surface area contributed by atoms with Crippen molar-refractivity contribution in [1.29, 1.82) is 0 Å². The summed E-state index contributed by atoms with van der Waals surface area (Å²) in [5.74, 6) is -0.00417. The Morgan fingerprint density at radius 3 is 2.44 bits per heavy atom. The maximum atomic E-state index is 11.2. The van der Waals surface area contributed by atoms with Gasteiger partial charge in [0, 0.05) is 22.0 Å². The summed E-state index contributed by atoms with van der Waals surface area (Å²) in [5, 5.41) is 11.2. The van der Waals surface area contributed by atoms with E-state index in [-0.39, 0.29) is 10.8 Å². The van der Waals surface area contributed by atoms with Gasteiger partial charge in [-0.15, -0.1) is 0 Å². The van der Waals surface area contributed by atoms with Gasteiger partial charge >= 0.3 is 0 Å². The standard InChI is InChI=1S/C13H17BrN2O2/c1-9(2)15-7-12(13(8-15)16(17)18)10-3-5-11(14)6-4-10/h3-6,9,12-13H,7-8H2,1-2H3/t12-,13+/m0/s1. The summed E-state index contributed by atoms with van der Waals surface area (Å²) in [5.41, 5.74) is 1.06. The summed E-state index contributed by atoms with van der Waals surface area (Å²) < 4.78 is 1.00. The van der Waals surface area contributed by atoms with E-state index in [9.17, 15) is 10.1 Å². The van der Waals surface area contributed by atoms with Crippen molar-refractivity contribution in [3.63, 3.8) is 0 Å². The third kappa shape index (κ3) is 2.72. The third-order valence-electron chi connectivity index (χ3n) is 3.62. The Morgan fingerprint density at radius 1 is 1.33 bits per heavy atom. The zero-order valence-electron chi connectivity index (χ0n) is 10.5. The largest absolute Gasteiger partial charge is 0.293 e. The lowest BCUT2D eigenvalue weighted by Gasteiger charge is -2.19. The number of nitrogens with zero attached hydrogens (tertiary/aromatic N) is 2. The Balaban J connectivity index is 2.24. The monoisotopic (exact) mass is 312 g/mol. The van der Waals surface area contributed by atoms with Crippen LogP contribution >= 0.6 is 15.9 Å². The van der Waals surface area contributed by atoms with Crippen LogP contribution in [0, 0.1) is 10.1 Å². The SMILES string of the molecule is CC(C)N1C[C@@H]([N+](=O)[O-])[C@H](c2ccc(Br)cc2)C1. The van der Waals surface area contributed by atoms with Crippen LogP contribution in [0.25, 0.3) is 0 Å². The van der Waals surface area contributed by atoms with Crippen LogP contribution in [0.15, 0.2) is 28.7 Å². The molecule has 1 aliphatic rings. The predicted octanol–water partition coefficient (Wildman–Crippen LogP) is 2.90. The van der Waals surface area contributed by atoms with Crippen molar-refractivity contribution in [1.82, 2.24) is 4.90 Å². The van der Waals surface area contributed by atoms with Crippen LogP contribution < -0.4 is 0 Å². The number of rotatable bonds is 3. The van der Waals surface area contributed by atoms with Crippen molar-refractivity contribution in [2.45, 2.75) is 31.8 Å². The first-order valence-electron chi connectivity index (χ1n) is 6.12. The molecule has 1 fully saturated rings. The zero-order valence-corrected chi connectivity index (χ0v) is 12.1. The molecule has 98 valence electrons. The molecule has 2 rings (SSSR count). The Labute approximate surface area is 115 Å².